The highest BCUT2D eigenvalue weighted by molar-refractivity contribution is 5.49. The minimum atomic E-state index is -0.360. The molecule has 6 heteroatoms. The standard InChI is InChI=1S/C20H33N3O3/c1-5-6-9-15-12-17(23(25)26)13-16(20(15)24)14-22(4)19-11-8-7-10-18(19)21(2)3/h12-13,18-19,24H,5-11,14H2,1-4H3/t18-,19-/m1/s1. The Bertz CT molecular complexity index is 619. The van der Waals surface area contributed by atoms with Gasteiger partial charge in [-0.05, 0) is 46.8 Å². The summed E-state index contributed by atoms with van der Waals surface area (Å²) in [6.45, 7) is 2.61. The number of hydrogen-bond acceptors (Lipinski definition) is 5. The zero-order chi connectivity index (χ0) is 19.3. The molecule has 1 saturated carbocycles. The predicted octanol–water partition coefficient (Wildman–Crippen LogP) is 3.95. The van der Waals surface area contributed by atoms with Crippen molar-refractivity contribution in [3.05, 3.63) is 33.4 Å². The van der Waals surface area contributed by atoms with Crippen LogP contribution in [0, 0.1) is 10.1 Å². The fraction of sp³-hybridized carbons (Fsp3) is 0.700. The second kappa shape index (κ2) is 9.33. The number of benzene rings is 1. The van der Waals surface area contributed by atoms with Crippen molar-refractivity contribution in [2.75, 3.05) is 21.1 Å². The van der Waals surface area contributed by atoms with Crippen LogP contribution in [0.4, 0.5) is 5.69 Å². The van der Waals surface area contributed by atoms with E-state index in [0.29, 0.717) is 36.2 Å². The lowest BCUT2D eigenvalue weighted by Crippen LogP contribution is -2.49. The van der Waals surface area contributed by atoms with E-state index in [2.05, 4.69) is 37.9 Å². The van der Waals surface area contributed by atoms with Gasteiger partial charge in [0.05, 0.1) is 4.92 Å². The first-order chi connectivity index (χ1) is 12.3. The number of rotatable bonds is 8. The Labute approximate surface area is 157 Å². The minimum absolute atomic E-state index is 0.0742. The molecule has 0 aromatic heterocycles. The summed E-state index contributed by atoms with van der Waals surface area (Å²) >= 11 is 0. The van der Waals surface area contributed by atoms with Gasteiger partial charge < -0.3 is 10.0 Å². The Morgan fingerprint density at radius 1 is 1.15 bits per heavy atom. The number of phenols is 1. The van der Waals surface area contributed by atoms with Crippen molar-refractivity contribution in [3.63, 3.8) is 0 Å². The molecule has 6 nitrogen and oxygen atoms in total. The average Bonchev–Trinajstić information content (AvgIpc) is 2.61. The SMILES string of the molecule is CCCCc1cc([N+](=O)[O-])cc(CN(C)[C@@H]2CCCC[C@H]2N(C)C)c1O. The molecule has 2 atom stereocenters. The van der Waals surface area contributed by atoms with Gasteiger partial charge in [0.1, 0.15) is 5.75 Å². The summed E-state index contributed by atoms with van der Waals surface area (Å²) in [5, 5.41) is 22.0. The molecule has 0 radical (unpaired) electrons. The number of hydrogen-bond donors (Lipinski definition) is 1. The van der Waals surface area contributed by atoms with Gasteiger partial charge in [0.25, 0.3) is 5.69 Å². The molecule has 1 fully saturated rings. The predicted molar refractivity (Wildman–Crippen MR) is 105 cm³/mol. The average molecular weight is 364 g/mol. The van der Waals surface area contributed by atoms with E-state index in [1.165, 1.54) is 31.4 Å². The summed E-state index contributed by atoms with van der Waals surface area (Å²) in [6.07, 6.45) is 7.32. The molecule has 1 aromatic rings. The Hall–Kier alpha value is -1.66. The molecule has 1 aromatic carbocycles. The smallest absolute Gasteiger partial charge is 0.270 e. The molecule has 1 N–H and O–H groups in total. The number of nitrogens with zero attached hydrogens (tertiary/aromatic N) is 3. The van der Waals surface area contributed by atoms with Crippen LogP contribution in [0.2, 0.25) is 0 Å². The van der Waals surface area contributed by atoms with Crippen molar-refractivity contribution in [1.29, 1.82) is 0 Å². The largest absolute Gasteiger partial charge is 0.507 e. The van der Waals surface area contributed by atoms with Crippen molar-refractivity contribution < 1.29 is 10.0 Å². The Morgan fingerprint density at radius 3 is 2.35 bits per heavy atom. The maximum Gasteiger partial charge on any atom is 0.270 e. The van der Waals surface area contributed by atoms with Crippen molar-refractivity contribution >= 4 is 5.69 Å². The highest BCUT2D eigenvalue weighted by Crippen LogP contribution is 2.32. The maximum absolute atomic E-state index is 11.3. The van der Waals surface area contributed by atoms with Gasteiger partial charge in [-0.1, -0.05) is 26.2 Å². The molecule has 0 unspecified atom stereocenters. The van der Waals surface area contributed by atoms with E-state index in [4.69, 9.17) is 0 Å². The van der Waals surface area contributed by atoms with Gasteiger partial charge in [-0.2, -0.15) is 0 Å². The number of non-ortho nitro benzene ring substituents is 1. The van der Waals surface area contributed by atoms with Gasteiger partial charge in [0.2, 0.25) is 0 Å². The zero-order valence-corrected chi connectivity index (χ0v) is 16.6. The van der Waals surface area contributed by atoms with Gasteiger partial charge in [-0.25, -0.2) is 0 Å². The molecular formula is C20H33N3O3. The van der Waals surface area contributed by atoms with E-state index < -0.39 is 0 Å². The molecule has 146 valence electrons. The first-order valence-corrected chi connectivity index (χ1v) is 9.71. The number of nitro groups is 1. The van der Waals surface area contributed by atoms with Crippen LogP contribution in [-0.4, -0.2) is 53.1 Å². The lowest BCUT2D eigenvalue weighted by molar-refractivity contribution is -0.385. The van der Waals surface area contributed by atoms with Gasteiger partial charge in [-0.3, -0.25) is 15.0 Å². The highest BCUT2D eigenvalue weighted by atomic mass is 16.6. The number of aryl methyl sites for hydroxylation is 1. The lowest BCUT2D eigenvalue weighted by Gasteiger charge is -2.41. The molecule has 2 rings (SSSR count). The number of unbranched alkanes of at least 4 members (excludes halogenated alkanes) is 1. The van der Waals surface area contributed by atoms with Gasteiger partial charge in [0.15, 0.2) is 0 Å². The first kappa shape index (κ1) is 20.6. The Balaban J connectivity index is 2.25. The van der Waals surface area contributed by atoms with Crippen molar-refractivity contribution in [3.8, 4) is 5.75 Å². The first-order valence-electron chi connectivity index (χ1n) is 9.71. The molecule has 26 heavy (non-hydrogen) atoms. The fourth-order valence-electron chi connectivity index (χ4n) is 4.12. The van der Waals surface area contributed by atoms with Crippen molar-refractivity contribution in [1.82, 2.24) is 9.80 Å². The number of nitro benzene ring substituents is 1. The number of phenolic OH excluding ortho intramolecular Hbond substituents is 1. The topological polar surface area (TPSA) is 69.9 Å². The van der Waals surface area contributed by atoms with E-state index in [1.807, 2.05) is 0 Å². The summed E-state index contributed by atoms with van der Waals surface area (Å²) < 4.78 is 0. The molecule has 1 aliphatic carbocycles. The lowest BCUT2D eigenvalue weighted by atomic mass is 9.88. The summed E-state index contributed by atoms with van der Waals surface area (Å²) in [7, 11) is 6.30. The summed E-state index contributed by atoms with van der Waals surface area (Å²) in [4.78, 5) is 15.5. The molecule has 0 spiro atoms. The van der Waals surface area contributed by atoms with Crippen LogP contribution in [0.5, 0.6) is 5.75 Å². The quantitative estimate of drug-likeness (QED) is 0.559. The molecule has 0 aliphatic heterocycles. The summed E-state index contributed by atoms with van der Waals surface area (Å²) in [6, 6.07) is 3.94. The van der Waals surface area contributed by atoms with E-state index >= 15 is 0 Å². The van der Waals surface area contributed by atoms with Crippen LogP contribution in [-0.2, 0) is 13.0 Å². The fourth-order valence-corrected chi connectivity index (χ4v) is 4.12. The molecule has 0 bridgehead atoms. The summed E-state index contributed by atoms with van der Waals surface area (Å²) in [5.74, 6) is 0.230. The Kier molecular flexibility index (Phi) is 7.41. The van der Waals surface area contributed by atoms with Gasteiger partial charge in [0, 0.05) is 41.9 Å². The summed E-state index contributed by atoms with van der Waals surface area (Å²) in [5.41, 5.74) is 1.43. The zero-order valence-electron chi connectivity index (χ0n) is 16.6. The van der Waals surface area contributed by atoms with E-state index in [1.54, 1.807) is 0 Å². The molecule has 0 amide bonds. The van der Waals surface area contributed by atoms with Crippen LogP contribution >= 0.6 is 0 Å². The third-order valence-corrected chi connectivity index (χ3v) is 5.61. The maximum atomic E-state index is 11.3. The Morgan fingerprint density at radius 2 is 1.77 bits per heavy atom. The van der Waals surface area contributed by atoms with Crippen LogP contribution < -0.4 is 0 Å². The van der Waals surface area contributed by atoms with Crippen molar-refractivity contribution in [2.24, 2.45) is 0 Å². The number of likely N-dealkylation sites (N-methyl/N-ethyl adjacent to an activating group) is 2. The van der Waals surface area contributed by atoms with E-state index in [9.17, 15) is 15.2 Å². The van der Waals surface area contributed by atoms with Crippen LogP contribution in [0.3, 0.4) is 0 Å². The van der Waals surface area contributed by atoms with Gasteiger partial charge in [-0.15, -0.1) is 0 Å². The molecule has 1 aliphatic rings. The normalized spacial score (nSPS) is 20.7. The third kappa shape index (κ3) is 4.95. The minimum Gasteiger partial charge on any atom is -0.507 e. The van der Waals surface area contributed by atoms with Crippen LogP contribution in [0.1, 0.15) is 56.6 Å². The monoisotopic (exact) mass is 363 g/mol. The van der Waals surface area contributed by atoms with Crippen LogP contribution in [0.25, 0.3) is 0 Å². The van der Waals surface area contributed by atoms with Gasteiger partial charge >= 0.3 is 0 Å². The van der Waals surface area contributed by atoms with Crippen LogP contribution in [0.15, 0.2) is 12.1 Å². The molecular weight excluding hydrogens is 330 g/mol. The number of aromatic hydroxyl groups is 1. The second-order valence-electron chi connectivity index (χ2n) is 7.77. The molecule has 0 saturated heterocycles. The second-order valence-corrected chi connectivity index (χ2v) is 7.77. The van der Waals surface area contributed by atoms with Crippen molar-refractivity contribution in [2.45, 2.75) is 70.5 Å². The van der Waals surface area contributed by atoms with E-state index in [0.717, 1.165) is 19.3 Å². The highest BCUT2D eigenvalue weighted by Gasteiger charge is 2.30. The van der Waals surface area contributed by atoms with E-state index in [-0.39, 0.29) is 16.4 Å². The third-order valence-electron chi connectivity index (χ3n) is 5.61. The molecule has 0 heterocycles.